The van der Waals surface area contributed by atoms with Crippen LogP contribution in [0, 0.1) is 0 Å². The van der Waals surface area contributed by atoms with Crippen molar-refractivity contribution in [2.45, 2.75) is 32.2 Å². The first kappa shape index (κ1) is 13.8. The van der Waals surface area contributed by atoms with Gasteiger partial charge in [-0.15, -0.1) is 0 Å². The summed E-state index contributed by atoms with van der Waals surface area (Å²) in [5.41, 5.74) is 1.28. The second-order valence-electron chi connectivity index (χ2n) is 4.96. The van der Waals surface area contributed by atoms with E-state index in [9.17, 15) is 0 Å². The van der Waals surface area contributed by atoms with E-state index in [4.69, 9.17) is 0 Å². The summed E-state index contributed by atoms with van der Waals surface area (Å²) < 4.78 is 3.95. The van der Waals surface area contributed by atoms with E-state index in [1.54, 1.807) is 0 Å². The van der Waals surface area contributed by atoms with Crippen LogP contribution in [0.1, 0.15) is 37.2 Å². The van der Waals surface area contributed by atoms with Crippen LogP contribution in [0.4, 0.5) is 0 Å². The largest absolute Gasteiger partial charge is 0.337 e. The molecule has 5 heteroatoms. The number of aromatic nitrogens is 4. The van der Waals surface area contributed by atoms with Gasteiger partial charge in [-0.3, -0.25) is 4.68 Å². The Balaban J connectivity index is 2.00. The molecule has 0 aromatic carbocycles. The first-order chi connectivity index (χ1) is 9.20. The highest BCUT2D eigenvalue weighted by Gasteiger charge is 2.15. The van der Waals surface area contributed by atoms with Crippen molar-refractivity contribution < 1.29 is 0 Å². The van der Waals surface area contributed by atoms with Crippen LogP contribution in [-0.2, 0) is 20.5 Å². The van der Waals surface area contributed by atoms with Gasteiger partial charge in [-0.25, -0.2) is 4.98 Å². The maximum Gasteiger partial charge on any atom is 0.125 e. The molecule has 0 saturated carbocycles. The molecule has 2 aromatic heterocycles. The van der Waals surface area contributed by atoms with Gasteiger partial charge in [-0.1, -0.05) is 6.92 Å². The van der Waals surface area contributed by atoms with Gasteiger partial charge in [0, 0.05) is 32.7 Å². The maximum absolute atomic E-state index is 4.47. The molecular weight excluding hydrogens is 238 g/mol. The van der Waals surface area contributed by atoms with E-state index in [1.165, 1.54) is 5.56 Å². The second kappa shape index (κ2) is 6.52. The summed E-state index contributed by atoms with van der Waals surface area (Å²) in [6.07, 6.45) is 11.1. The maximum atomic E-state index is 4.47. The fourth-order valence-corrected chi connectivity index (χ4v) is 2.27. The first-order valence-electron chi connectivity index (χ1n) is 6.88. The number of aryl methyl sites for hydroxylation is 3. The molecule has 2 aromatic rings. The van der Waals surface area contributed by atoms with Gasteiger partial charge in [0.05, 0.1) is 12.2 Å². The third-order valence-electron chi connectivity index (χ3n) is 3.29. The highest BCUT2D eigenvalue weighted by molar-refractivity contribution is 5.06. The molecule has 0 radical (unpaired) electrons. The highest BCUT2D eigenvalue weighted by atomic mass is 15.2. The van der Waals surface area contributed by atoms with Gasteiger partial charge in [0.15, 0.2) is 0 Å². The van der Waals surface area contributed by atoms with Gasteiger partial charge >= 0.3 is 0 Å². The molecule has 0 saturated heterocycles. The smallest absolute Gasteiger partial charge is 0.125 e. The van der Waals surface area contributed by atoms with Crippen molar-refractivity contribution >= 4 is 0 Å². The van der Waals surface area contributed by atoms with Crippen LogP contribution in [0.5, 0.6) is 0 Å². The first-order valence-corrected chi connectivity index (χ1v) is 6.88. The average molecular weight is 261 g/mol. The summed E-state index contributed by atoms with van der Waals surface area (Å²) in [6.45, 7) is 3.20. The molecule has 5 nitrogen and oxygen atoms in total. The third-order valence-corrected chi connectivity index (χ3v) is 3.29. The van der Waals surface area contributed by atoms with Crippen LogP contribution in [0.2, 0.25) is 0 Å². The Bertz CT molecular complexity index is 499. The van der Waals surface area contributed by atoms with Crippen molar-refractivity contribution in [3.8, 4) is 0 Å². The standard InChI is InChI=1S/C14H23N5/c1-4-7-15-13(14-16-8-9-18(14)2)6-5-12-10-17-19(3)11-12/h8-11,13,15H,4-7H2,1-3H3. The zero-order valence-electron chi connectivity index (χ0n) is 12.0. The predicted octanol–water partition coefficient (Wildman–Crippen LogP) is 1.83. The molecule has 0 aliphatic heterocycles. The summed E-state index contributed by atoms with van der Waals surface area (Å²) >= 11 is 0. The lowest BCUT2D eigenvalue weighted by Gasteiger charge is -2.18. The molecule has 0 aliphatic carbocycles. The molecule has 1 N–H and O–H groups in total. The van der Waals surface area contributed by atoms with E-state index in [1.807, 2.05) is 37.4 Å². The average Bonchev–Trinajstić information content (AvgIpc) is 2.99. The summed E-state index contributed by atoms with van der Waals surface area (Å²) in [5, 5.41) is 7.79. The van der Waals surface area contributed by atoms with Crippen molar-refractivity contribution in [3.63, 3.8) is 0 Å². The van der Waals surface area contributed by atoms with Gasteiger partial charge in [-0.2, -0.15) is 5.10 Å². The van der Waals surface area contributed by atoms with Crippen LogP contribution in [0.15, 0.2) is 24.8 Å². The van der Waals surface area contributed by atoms with Crippen molar-refractivity contribution in [1.29, 1.82) is 0 Å². The zero-order chi connectivity index (χ0) is 13.7. The predicted molar refractivity (Wildman–Crippen MR) is 75.8 cm³/mol. The molecule has 1 atom stereocenters. The quantitative estimate of drug-likeness (QED) is 0.827. The fraction of sp³-hybridized carbons (Fsp3) is 0.571. The van der Waals surface area contributed by atoms with Crippen molar-refractivity contribution in [2.24, 2.45) is 14.1 Å². The fourth-order valence-electron chi connectivity index (χ4n) is 2.27. The van der Waals surface area contributed by atoms with Crippen LogP contribution < -0.4 is 5.32 Å². The Labute approximate surface area is 114 Å². The lowest BCUT2D eigenvalue weighted by molar-refractivity contribution is 0.465. The van der Waals surface area contributed by atoms with E-state index < -0.39 is 0 Å². The molecule has 0 bridgehead atoms. The molecule has 104 valence electrons. The van der Waals surface area contributed by atoms with Gasteiger partial charge in [-0.05, 0) is 31.4 Å². The highest BCUT2D eigenvalue weighted by Crippen LogP contribution is 2.17. The summed E-state index contributed by atoms with van der Waals surface area (Å²) in [7, 11) is 4.00. The molecule has 0 amide bonds. The van der Waals surface area contributed by atoms with Gasteiger partial charge < -0.3 is 9.88 Å². The van der Waals surface area contributed by atoms with E-state index >= 15 is 0 Å². The Kier molecular flexibility index (Phi) is 4.74. The number of hydrogen-bond acceptors (Lipinski definition) is 3. The minimum atomic E-state index is 0.306. The molecule has 0 aliphatic rings. The van der Waals surface area contributed by atoms with Gasteiger partial charge in [0.25, 0.3) is 0 Å². The lowest BCUT2D eigenvalue weighted by atomic mass is 10.1. The van der Waals surface area contributed by atoms with E-state index in [2.05, 4.69) is 33.1 Å². The monoisotopic (exact) mass is 261 g/mol. The van der Waals surface area contributed by atoms with Crippen molar-refractivity contribution in [3.05, 3.63) is 36.2 Å². The van der Waals surface area contributed by atoms with E-state index in [0.717, 1.165) is 31.6 Å². The van der Waals surface area contributed by atoms with Crippen LogP contribution in [0.25, 0.3) is 0 Å². The number of hydrogen-bond donors (Lipinski definition) is 1. The summed E-state index contributed by atoms with van der Waals surface area (Å²) in [4.78, 5) is 4.47. The normalized spacial score (nSPS) is 12.8. The summed E-state index contributed by atoms with van der Waals surface area (Å²) in [5.74, 6) is 1.11. The molecule has 19 heavy (non-hydrogen) atoms. The summed E-state index contributed by atoms with van der Waals surface area (Å²) in [6, 6.07) is 0.306. The third kappa shape index (κ3) is 3.67. The Morgan fingerprint density at radius 2 is 2.21 bits per heavy atom. The van der Waals surface area contributed by atoms with Gasteiger partial charge in [0.1, 0.15) is 5.82 Å². The molecule has 2 rings (SSSR count). The van der Waals surface area contributed by atoms with E-state index in [-0.39, 0.29) is 0 Å². The minimum absolute atomic E-state index is 0.306. The Morgan fingerprint density at radius 1 is 1.37 bits per heavy atom. The number of rotatable bonds is 7. The number of imidazole rings is 1. The van der Waals surface area contributed by atoms with Crippen LogP contribution in [-0.4, -0.2) is 25.9 Å². The topological polar surface area (TPSA) is 47.7 Å². The van der Waals surface area contributed by atoms with Gasteiger partial charge in [0.2, 0.25) is 0 Å². The number of nitrogens with zero attached hydrogens (tertiary/aromatic N) is 4. The SMILES string of the molecule is CCCNC(CCc1cnn(C)c1)c1nccn1C. The van der Waals surface area contributed by atoms with Crippen LogP contribution in [0.3, 0.4) is 0 Å². The second-order valence-corrected chi connectivity index (χ2v) is 4.96. The molecule has 1 unspecified atom stereocenters. The molecule has 0 spiro atoms. The molecule has 2 heterocycles. The number of nitrogens with one attached hydrogen (secondary N) is 1. The zero-order valence-corrected chi connectivity index (χ0v) is 12.0. The lowest BCUT2D eigenvalue weighted by Crippen LogP contribution is -2.25. The Hall–Kier alpha value is -1.62. The van der Waals surface area contributed by atoms with E-state index in [0.29, 0.717) is 6.04 Å². The Morgan fingerprint density at radius 3 is 2.79 bits per heavy atom. The molecular formula is C14H23N5. The van der Waals surface area contributed by atoms with Crippen LogP contribution >= 0.6 is 0 Å². The molecule has 0 fully saturated rings. The van der Waals surface area contributed by atoms with Crippen molar-refractivity contribution in [1.82, 2.24) is 24.6 Å². The van der Waals surface area contributed by atoms with Crippen molar-refractivity contribution in [2.75, 3.05) is 6.54 Å². The minimum Gasteiger partial charge on any atom is -0.337 e.